The van der Waals surface area contributed by atoms with Gasteiger partial charge in [-0.05, 0) is 29.8 Å². The van der Waals surface area contributed by atoms with Gasteiger partial charge in [-0.2, -0.15) is 0 Å². The number of nitrogens with zero attached hydrogens (tertiary/aromatic N) is 3. The van der Waals surface area contributed by atoms with E-state index in [1.54, 1.807) is 29.2 Å². The number of pyridine rings is 1. The molecule has 0 spiro atoms. The molecule has 0 aliphatic carbocycles. The molecular formula is C20H22Cl2N4O2. The largest absolute Gasteiger partial charge is 0.340 e. The highest BCUT2D eigenvalue weighted by atomic mass is 35.5. The Hall–Kier alpha value is -2.15. The summed E-state index contributed by atoms with van der Waals surface area (Å²) < 4.78 is 0. The van der Waals surface area contributed by atoms with E-state index in [0.29, 0.717) is 24.7 Å². The van der Waals surface area contributed by atoms with Gasteiger partial charge in [-0.15, -0.1) is 0 Å². The first-order valence-electron chi connectivity index (χ1n) is 9.17. The molecule has 0 atom stereocenters. The van der Waals surface area contributed by atoms with E-state index in [1.807, 2.05) is 17.0 Å². The van der Waals surface area contributed by atoms with Crippen molar-refractivity contribution in [1.29, 1.82) is 0 Å². The molecule has 1 aliphatic rings. The molecule has 2 heterocycles. The normalized spacial score (nSPS) is 14.0. The second kappa shape index (κ2) is 9.87. The maximum atomic E-state index is 13.1. The summed E-state index contributed by atoms with van der Waals surface area (Å²) in [5.41, 5.74) is 1.06. The zero-order chi connectivity index (χ0) is 19.9. The second-order valence-electron chi connectivity index (χ2n) is 6.57. The van der Waals surface area contributed by atoms with Crippen LogP contribution in [0.5, 0.6) is 0 Å². The van der Waals surface area contributed by atoms with Crippen LogP contribution < -0.4 is 5.32 Å². The lowest BCUT2D eigenvalue weighted by Crippen LogP contribution is -2.47. The van der Waals surface area contributed by atoms with Crippen molar-refractivity contribution in [3.05, 3.63) is 63.9 Å². The fourth-order valence-electron chi connectivity index (χ4n) is 3.10. The molecule has 2 amide bonds. The number of benzene rings is 1. The minimum atomic E-state index is -0.307. The maximum absolute atomic E-state index is 13.1. The van der Waals surface area contributed by atoms with Crippen LogP contribution in [0.1, 0.15) is 22.5 Å². The molecule has 6 nitrogen and oxygen atoms in total. The Kier molecular flexibility index (Phi) is 7.25. The third-order valence-electron chi connectivity index (χ3n) is 4.58. The summed E-state index contributed by atoms with van der Waals surface area (Å²) in [7, 11) is 0. The first kappa shape index (κ1) is 20.6. The van der Waals surface area contributed by atoms with Crippen LogP contribution in [0, 0.1) is 0 Å². The van der Waals surface area contributed by atoms with Crippen LogP contribution in [-0.2, 0) is 11.3 Å². The fourth-order valence-corrected chi connectivity index (χ4v) is 3.52. The Balaban J connectivity index is 1.74. The highest BCUT2D eigenvalue weighted by Crippen LogP contribution is 2.18. The van der Waals surface area contributed by atoms with E-state index in [4.69, 9.17) is 23.2 Å². The number of aromatic nitrogens is 1. The smallest absolute Gasteiger partial charge is 0.274 e. The number of hydrogen-bond donors (Lipinski definition) is 1. The molecule has 2 aromatic rings. The molecule has 0 unspecified atom stereocenters. The Morgan fingerprint density at radius 1 is 1.14 bits per heavy atom. The SMILES string of the molecule is O=C(CCN(Cc1cccc(Cl)c1)C(=O)c1ncccc1Cl)N1CCNCC1. The van der Waals surface area contributed by atoms with Crippen LogP contribution in [0.15, 0.2) is 42.6 Å². The number of nitrogens with one attached hydrogen (secondary N) is 1. The van der Waals surface area contributed by atoms with E-state index in [1.165, 1.54) is 6.20 Å². The Morgan fingerprint density at radius 3 is 2.64 bits per heavy atom. The molecule has 28 heavy (non-hydrogen) atoms. The number of amides is 2. The third-order valence-corrected chi connectivity index (χ3v) is 5.12. The van der Waals surface area contributed by atoms with Crippen molar-refractivity contribution < 1.29 is 9.59 Å². The molecule has 1 N–H and O–H groups in total. The highest BCUT2D eigenvalue weighted by molar-refractivity contribution is 6.33. The van der Waals surface area contributed by atoms with E-state index in [9.17, 15) is 9.59 Å². The van der Waals surface area contributed by atoms with Crippen LogP contribution in [0.3, 0.4) is 0 Å². The van der Waals surface area contributed by atoms with Crippen molar-refractivity contribution in [3.63, 3.8) is 0 Å². The van der Waals surface area contributed by atoms with E-state index < -0.39 is 0 Å². The molecule has 0 radical (unpaired) electrons. The summed E-state index contributed by atoms with van der Waals surface area (Å²) in [6.45, 7) is 3.56. The molecule has 3 rings (SSSR count). The number of carbonyl (C=O) groups is 2. The van der Waals surface area contributed by atoms with Gasteiger partial charge in [0.1, 0.15) is 5.69 Å². The maximum Gasteiger partial charge on any atom is 0.274 e. The van der Waals surface area contributed by atoms with Crippen LogP contribution in [0.4, 0.5) is 0 Å². The van der Waals surface area contributed by atoms with Gasteiger partial charge < -0.3 is 15.1 Å². The number of rotatable bonds is 6. The predicted molar refractivity (Wildman–Crippen MR) is 110 cm³/mol. The van der Waals surface area contributed by atoms with Crippen LogP contribution in [0.25, 0.3) is 0 Å². The van der Waals surface area contributed by atoms with Gasteiger partial charge in [-0.1, -0.05) is 35.3 Å². The minimum absolute atomic E-state index is 0.0394. The second-order valence-corrected chi connectivity index (χ2v) is 7.41. The molecular weight excluding hydrogens is 399 g/mol. The van der Waals surface area contributed by atoms with Gasteiger partial charge in [-0.3, -0.25) is 9.59 Å². The monoisotopic (exact) mass is 420 g/mol. The van der Waals surface area contributed by atoms with Gasteiger partial charge >= 0.3 is 0 Å². The van der Waals surface area contributed by atoms with Crippen LogP contribution >= 0.6 is 23.2 Å². The summed E-state index contributed by atoms with van der Waals surface area (Å²) in [6, 6.07) is 10.6. The topological polar surface area (TPSA) is 65.5 Å². The summed E-state index contributed by atoms with van der Waals surface area (Å²) in [5, 5.41) is 4.11. The lowest BCUT2D eigenvalue weighted by Gasteiger charge is -2.29. The van der Waals surface area contributed by atoms with Gasteiger partial charge in [-0.25, -0.2) is 4.98 Å². The Morgan fingerprint density at radius 2 is 1.93 bits per heavy atom. The van der Waals surface area contributed by atoms with Crippen LogP contribution in [-0.4, -0.2) is 59.3 Å². The average Bonchev–Trinajstić information content (AvgIpc) is 2.71. The molecule has 0 bridgehead atoms. The van der Waals surface area contributed by atoms with Crippen molar-refractivity contribution in [3.8, 4) is 0 Å². The molecule has 1 saturated heterocycles. The summed E-state index contributed by atoms with van der Waals surface area (Å²) >= 11 is 12.2. The first-order chi connectivity index (χ1) is 13.5. The molecule has 1 aliphatic heterocycles. The van der Waals surface area contributed by atoms with Crippen molar-refractivity contribution >= 4 is 35.0 Å². The van der Waals surface area contributed by atoms with Gasteiger partial charge in [0.15, 0.2) is 0 Å². The van der Waals surface area contributed by atoms with E-state index in [2.05, 4.69) is 10.3 Å². The summed E-state index contributed by atoms with van der Waals surface area (Å²) in [4.78, 5) is 33.1. The van der Waals surface area contributed by atoms with Crippen molar-refractivity contribution in [1.82, 2.24) is 20.1 Å². The van der Waals surface area contributed by atoms with E-state index >= 15 is 0 Å². The van der Waals surface area contributed by atoms with Crippen molar-refractivity contribution in [2.75, 3.05) is 32.7 Å². The molecule has 148 valence electrons. The zero-order valence-electron chi connectivity index (χ0n) is 15.4. The fraction of sp³-hybridized carbons (Fsp3) is 0.350. The van der Waals surface area contributed by atoms with Crippen LogP contribution in [0.2, 0.25) is 10.0 Å². The number of hydrogen-bond acceptors (Lipinski definition) is 4. The third kappa shape index (κ3) is 5.44. The van der Waals surface area contributed by atoms with Gasteiger partial charge in [0, 0.05) is 56.9 Å². The summed E-state index contributed by atoms with van der Waals surface area (Å²) in [6.07, 6.45) is 1.78. The Bertz CT molecular complexity index is 840. The molecule has 1 aromatic heterocycles. The van der Waals surface area contributed by atoms with Gasteiger partial charge in [0.05, 0.1) is 5.02 Å². The van der Waals surface area contributed by atoms with Gasteiger partial charge in [0.2, 0.25) is 5.91 Å². The molecule has 8 heteroatoms. The average molecular weight is 421 g/mol. The first-order valence-corrected chi connectivity index (χ1v) is 9.93. The highest BCUT2D eigenvalue weighted by Gasteiger charge is 2.23. The summed E-state index contributed by atoms with van der Waals surface area (Å²) in [5.74, 6) is -0.267. The van der Waals surface area contributed by atoms with Crippen molar-refractivity contribution in [2.45, 2.75) is 13.0 Å². The Labute approximate surface area is 174 Å². The molecule has 1 fully saturated rings. The molecule has 1 aromatic carbocycles. The van der Waals surface area contributed by atoms with E-state index in [0.717, 1.165) is 18.7 Å². The number of halogens is 2. The zero-order valence-corrected chi connectivity index (χ0v) is 16.9. The molecule has 0 saturated carbocycles. The number of carbonyl (C=O) groups excluding carboxylic acids is 2. The minimum Gasteiger partial charge on any atom is -0.340 e. The lowest BCUT2D eigenvalue weighted by molar-refractivity contribution is -0.132. The quantitative estimate of drug-likeness (QED) is 0.779. The predicted octanol–water partition coefficient (Wildman–Crippen LogP) is 2.85. The van der Waals surface area contributed by atoms with Gasteiger partial charge in [0.25, 0.3) is 5.91 Å². The lowest BCUT2D eigenvalue weighted by atomic mass is 10.2. The van der Waals surface area contributed by atoms with E-state index in [-0.39, 0.29) is 35.5 Å². The van der Waals surface area contributed by atoms with Crippen molar-refractivity contribution in [2.24, 2.45) is 0 Å². The standard InChI is InChI=1S/C20H22Cl2N4O2/c21-16-4-1-3-15(13-16)14-26(20(28)19-17(22)5-2-7-24-19)10-6-18(27)25-11-8-23-9-12-25/h1-5,7,13,23H,6,8-12,14H2. The number of piperazine rings is 1.